The maximum absolute atomic E-state index is 12.9. The highest BCUT2D eigenvalue weighted by atomic mass is 16.6. The Labute approximate surface area is 185 Å². The minimum atomic E-state index is -0.390. The molecule has 5 rings (SSSR count). The number of hydrogen-bond donors (Lipinski definition) is 1. The topological polar surface area (TPSA) is 101 Å². The number of H-pyrrole nitrogens is 1. The number of piperidine rings is 1. The number of esters is 1. The molecule has 9 nitrogen and oxygen atoms in total. The summed E-state index contributed by atoms with van der Waals surface area (Å²) in [5.74, 6) is 0.531. The predicted octanol–water partition coefficient (Wildman–Crippen LogP) is 3.12. The van der Waals surface area contributed by atoms with E-state index >= 15 is 0 Å². The minimum absolute atomic E-state index is 0.0990. The Morgan fingerprint density at radius 3 is 2.75 bits per heavy atom. The van der Waals surface area contributed by atoms with Gasteiger partial charge in [0.2, 0.25) is 0 Å². The molecule has 2 aliphatic rings. The minimum Gasteiger partial charge on any atom is -0.465 e. The lowest BCUT2D eigenvalue weighted by Crippen LogP contribution is -2.52. The summed E-state index contributed by atoms with van der Waals surface area (Å²) in [6.07, 6.45) is 5.97. The number of fused-ring (bicyclic) bond motifs is 2. The maximum atomic E-state index is 12.9. The molecule has 1 aromatic carbocycles. The normalized spacial score (nSPS) is 20.3. The van der Waals surface area contributed by atoms with E-state index in [9.17, 15) is 9.59 Å². The third kappa shape index (κ3) is 3.63. The Hall–Kier alpha value is -3.62. The molecule has 1 amide bonds. The molecule has 0 unspecified atom stereocenters. The number of carbonyl (C=O) groups excluding carboxylic acids is 2. The van der Waals surface area contributed by atoms with E-state index in [0.717, 1.165) is 48.2 Å². The van der Waals surface area contributed by atoms with E-state index in [1.165, 1.54) is 7.11 Å². The smallest absolute Gasteiger partial charge is 0.410 e. The SMILES string of the molecule is COC(=O)c1ccc(COC(=O)N2CCC[C@H]3[C@@H]2CCN3c2ncnc3[nH]ccc23)cc1. The van der Waals surface area contributed by atoms with Gasteiger partial charge in [-0.05, 0) is 43.0 Å². The van der Waals surface area contributed by atoms with E-state index in [1.807, 2.05) is 17.2 Å². The first kappa shape index (κ1) is 20.3. The Morgan fingerprint density at radius 2 is 1.94 bits per heavy atom. The molecular formula is C23H25N5O4. The highest BCUT2D eigenvalue weighted by Gasteiger charge is 2.43. The molecule has 166 valence electrons. The first-order chi connectivity index (χ1) is 15.7. The van der Waals surface area contributed by atoms with Crippen LogP contribution in [0.3, 0.4) is 0 Å². The number of methoxy groups -OCH3 is 1. The van der Waals surface area contributed by atoms with E-state index in [0.29, 0.717) is 12.1 Å². The largest absolute Gasteiger partial charge is 0.465 e. The molecule has 2 atom stereocenters. The Bertz CT molecular complexity index is 1130. The zero-order valence-corrected chi connectivity index (χ0v) is 17.9. The Morgan fingerprint density at radius 1 is 1.09 bits per heavy atom. The van der Waals surface area contributed by atoms with Crippen LogP contribution in [0.4, 0.5) is 10.6 Å². The quantitative estimate of drug-likeness (QED) is 0.629. The summed E-state index contributed by atoms with van der Waals surface area (Å²) >= 11 is 0. The van der Waals surface area contributed by atoms with E-state index in [-0.39, 0.29) is 30.8 Å². The number of benzene rings is 1. The van der Waals surface area contributed by atoms with Crippen LogP contribution in [0.1, 0.15) is 35.2 Å². The number of amides is 1. The van der Waals surface area contributed by atoms with Gasteiger partial charge in [0, 0.05) is 19.3 Å². The monoisotopic (exact) mass is 435 g/mol. The van der Waals surface area contributed by atoms with Gasteiger partial charge in [-0.2, -0.15) is 0 Å². The van der Waals surface area contributed by atoms with Crippen LogP contribution in [0.15, 0.2) is 42.9 Å². The van der Waals surface area contributed by atoms with Crippen molar-refractivity contribution in [2.24, 2.45) is 0 Å². The van der Waals surface area contributed by atoms with Crippen molar-refractivity contribution in [2.45, 2.75) is 38.0 Å². The molecular weight excluding hydrogens is 410 g/mol. The van der Waals surface area contributed by atoms with E-state index in [2.05, 4.69) is 19.9 Å². The highest BCUT2D eigenvalue weighted by molar-refractivity contribution is 5.89. The number of nitrogens with zero attached hydrogens (tertiary/aromatic N) is 4. The highest BCUT2D eigenvalue weighted by Crippen LogP contribution is 2.36. The summed E-state index contributed by atoms with van der Waals surface area (Å²) < 4.78 is 10.3. The standard InChI is InChI=1S/C23H25N5O4/c1-31-22(29)16-6-4-15(5-7-16)13-32-23(30)28-11-2-3-18-19(28)9-12-27(18)21-17-8-10-24-20(17)25-14-26-21/h4-8,10,14,18-19H,2-3,9,11-13H2,1H3,(H,24,25,26)/t18-,19-/m0/s1. The zero-order valence-electron chi connectivity index (χ0n) is 17.9. The molecule has 2 fully saturated rings. The zero-order chi connectivity index (χ0) is 22.1. The molecule has 2 aliphatic heterocycles. The summed E-state index contributed by atoms with van der Waals surface area (Å²) in [5.41, 5.74) is 2.11. The summed E-state index contributed by atoms with van der Waals surface area (Å²) in [6.45, 7) is 1.69. The molecule has 0 radical (unpaired) electrons. The van der Waals surface area contributed by atoms with Gasteiger partial charge in [0.1, 0.15) is 24.4 Å². The number of hydrogen-bond acceptors (Lipinski definition) is 7. The fourth-order valence-corrected chi connectivity index (χ4v) is 4.85. The molecule has 4 heterocycles. The van der Waals surface area contributed by atoms with Gasteiger partial charge in [-0.3, -0.25) is 0 Å². The first-order valence-corrected chi connectivity index (χ1v) is 10.8. The van der Waals surface area contributed by atoms with Gasteiger partial charge in [0.25, 0.3) is 0 Å². The van der Waals surface area contributed by atoms with Crippen molar-refractivity contribution < 1.29 is 19.1 Å². The second-order valence-electron chi connectivity index (χ2n) is 8.13. The molecule has 2 aromatic heterocycles. The van der Waals surface area contributed by atoms with Gasteiger partial charge in [0.15, 0.2) is 0 Å². The van der Waals surface area contributed by atoms with Crippen molar-refractivity contribution in [1.82, 2.24) is 19.9 Å². The van der Waals surface area contributed by atoms with Crippen molar-refractivity contribution >= 4 is 28.9 Å². The molecule has 0 bridgehead atoms. The molecule has 0 saturated carbocycles. The second kappa shape index (κ2) is 8.49. The van der Waals surface area contributed by atoms with Crippen LogP contribution in [0.2, 0.25) is 0 Å². The number of rotatable bonds is 4. The van der Waals surface area contributed by atoms with E-state index in [4.69, 9.17) is 9.47 Å². The van der Waals surface area contributed by atoms with E-state index < -0.39 is 0 Å². The molecule has 32 heavy (non-hydrogen) atoms. The number of aromatic nitrogens is 3. The van der Waals surface area contributed by atoms with Crippen LogP contribution in [-0.4, -0.2) is 64.2 Å². The van der Waals surface area contributed by atoms with Crippen LogP contribution in [-0.2, 0) is 16.1 Å². The summed E-state index contributed by atoms with van der Waals surface area (Å²) in [5, 5.41) is 1.00. The van der Waals surface area contributed by atoms with Gasteiger partial charge in [0.05, 0.1) is 30.1 Å². The van der Waals surface area contributed by atoms with Gasteiger partial charge in [-0.25, -0.2) is 19.6 Å². The van der Waals surface area contributed by atoms with Crippen LogP contribution in [0.5, 0.6) is 0 Å². The summed E-state index contributed by atoms with van der Waals surface area (Å²) in [7, 11) is 1.35. The van der Waals surface area contributed by atoms with Crippen LogP contribution in [0, 0.1) is 0 Å². The maximum Gasteiger partial charge on any atom is 0.410 e. The van der Waals surface area contributed by atoms with Gasteiger partial charge >= 0.3 is 12.1 Å². The van der Waals surface area contributed by atoms with Crippen molar-refractivity contribution in [2.75, 3.05) is 25.1 Å². The van der Waals surface area contributed by atoms with Gasteiger partial charge in [-0.1, -0.05) is 12.1 Å². The van der Waals surface area contributed by atoms with Crippen LogP contribution < -0.4 is 4.90 Å². The average molecular weight is 435 g/mol. The number of carbonyl (C=O) groups is 2. The molecule has 3 aromatic rings. The Kier molecular flexibility index (Phi) is 5.38. The van der Waals surface area contributed by atoms with Crippen LogP contribution >= 0.6 is 0 Å². The lowest BCUT2D eigenvalue weighted by atomic mass is 9.97. The van der Waals surface area contributed by atoms with Crippen molar-refractivity contribution in [3.8, 4) is 0 Å². The van der Waals surface area contributed by atoms with Crippen LogP contribution in [0.25, 0.3) is 11.0 Å². The molecule has 9 heteroatoms. The first-order valence-electron chi connectivity index (χ1n) is 10.8. The fourth-order valence-electron chi connectivity index (χ4n) is 4.85. The van der Waals surface area contributed by atoms with Crippen molar-refractivity contribution in [1.29, 1.82) is 0 Å². The molecule has 1 N–H and O–H groups in total. The lowest BCUT2D eigenvalue weighted by molar-refractivity contribution is 0.0598. The molecule has 2 saturated heterocycles. The second-order valence-corrected chi connectivity index (χ2v) is 8.13. The Balaban J connectivity index is 1.26. The van der Waals surface area contributed by atoms with Crippen molar-refractivity contribution in [3.05, 3.63) is 54.0 Å². The lowest BCUT2D eigenvalue weighted by Gasteiger charge is -2.39. The number of ether oxygens (including phenoxy) is 2. The number of nitrogens with one attached hydrogen (secondary N) is 1. The number of anilines is 1. The number of aromatic amines is 1. The summed E-state index contributed by atoms with van der Waals surface area (Å²) in [4.78, 5) is 40.7. The molecule has 0 spiro atoms. The van der Waals surface area contributed by atoms with Gasteiger partial charge in [-0.15, -0.1) is 0 Å². The van der Waals surface area contributed by atoms with Crippen molar-refractivity contribution in [3.63, 3.8) is 0 Å². The number of likely N-dealkylation sites (tertiary alicyclic amines) is 1. The van der Waals surface area contributed by atoms with Gasteiger partial charge < -0.3 is 24.3 Å². The third-order valence-corrected chi connectivity index (χ3v) is 6.39. The van der Waals surface area contributed by atoms with E-state index in [1.54, 1.807) is 30.6 Å². The third-order valence-electron chi connectivity index (χ3n) is 6.39. The summed E-state index contributed by atoms with van der Waals surface area (Å²) in [6, 6.07) is 9.19. The predicted molar refractivity (Wildman–Crippen MR) is 117 cm³/mol. The average Bonchev–Trinajstić information content (AvgIpc) is 3.49. The fraction of sp³-hybridized carbons (Fsp3) is 0.391. The molecule has 0 aliphatic carbocycles.